The zero-order valence-electron chi connectivity index (χ0n) is 9.41. The second-order valence-corrected chi connectivity index (χ2v) is 4.65. The highest BCUT2D eigenvalue weighted by Crippen LogP contribution is 2.26. The molecule has 0 bridgehead atoms. The Hall–Kier alpha value is -1.04. The van der Waals surface area contributed by atoms with Crippen LogP contribution in [-0.4, -0.2) is 0 Å². The quantitative estimate of drug-likeness (QED) is 0.676. The minimum absolute atomic E-state index is 0.938. The Morgan fingerprint density at radius 2 is 1.73 bits per heavy atom. The Kier molecular flexibility index (Phi) is 3.60. The van der Waals surface area contributed by atoms with E-state index in [1.54, 1.807) is 0 Å². The van der Waals surface area contributed by atoms with Crippen LogP contribution in [0.2, 0.25) is 0 Å². The first kappa shape index (κ1) is 10.5. The predicted molar refractivity (Wildman–Crippen MR) is 66.8 cm³/mol. The van der Waals surface area contributed by atoms with E-state index in [2.05, 4.69) is 30.8 Å². The lowest BCUT2D eigenvalue weighted by atomic mass is 9.85. The first-order valence-electron chi connectivity index (χ1n) is 6.10. The second kappa shape index (κ2) is 5.16. The smallest absolute Gasteiger partial charge is 0.0250 e. The van der Waals surface area contributed by atoms with Gasteiger partial charge < -0.3 is 0 Å². The van der Waals surface area contributed by atoms with Gasteiger partial charge in [-0.2, -0.15) is 0 Å². The third-order valence-electron chi connectivity index (χ3n) is 3.46. The van der Waals surface area contributed by atoms with Crippen LogP contribution in [0.1, 0.15) is 43.2 Å². The summed E-state index contributed by atoms with van der Waals surface area (Å²) in [4.78, 5) is 0. The van der Waals surface area contributed by atoms with Crippen LogP contribution in [0, 0.1) is 5.92 Å². The van der Waals surface area contributed by atoms with Crippen LogP contribution < -0.4 is 0 Å². The number of rotatable bonds is 3. The van der Waals surface area contributed by atoms with Gasteiger partial charge >= 0.3 is 0 Å². The minimum atomic E-state index is 0.938. The van der Waals surface area contributed by atoms with Gasteiger partial charge in [-0.15, -0.1) is 0 Å². The molecule has 0 saturated heterocycles. The Labute approximate surface area is 93.0 Å². The lowest BCUT2D eigenvalue weighted by Crippen LogP contribution is -2.09. The highest BCUT2D eigenvalue weighted by atomic mass is 14.2. The topological polar surface area (TPSA) is 0 Å². The van der Waals surface area contributed by atoms with Gasteiger partial charge in [0.25, 0.3) is 0 Å². The summed E-state index contributed by atoms with van der Waals surface area (Å²) >= 11 is 0. The summed E-state index contributed by atoms with van der Waals surface area (Å²) in [6, 6.07) is 8.85. The van der Waals surface area contributed by atoms with Gasteiger partial charge in [0.05, 0.1) is 0 Å². The number of hydrogen-bond acceptors (Lipinski definition) is 0. The van der Waals surface area contributed by atoms with Crippen molar-refractivity contribution in [3.63, 3.8) is 0 Å². The molecule has 2 rings (SSSR count). The van der Waals surface area contributed by atoms with Gasteiger partial charge in [-0.1, -0.05) is 69.0 Å². The van der Waals surface area contributed by atoms with Gasteiger partial charge in [-0.3, -0.25) is 0 Å². The van der Waals surface area contributed by atoms with Crippen molar-refractivity contribution in [2.75, 3.05) is 0 Å². The fourth-order valence-corrected chi connectivity index (χ4v) is 2.51. The van der Waals surface area contributed by atoms with Crippen molar-refractivity contribution < 1.29 is 0 Å². The molecule has 0 amide bonds. The Balaban J connectivity index is 1.94. The van der Waals surface area contributed by atoms with Gasteiger partial charge in [0.1, 0.15) is 0 Å². The van der Waals surface area contributed by atoms with E-state index >= 15 is 0 Å². The molecule has 1 fully saturated rings. The Morgan fingerprint density at radius 1 is 1.07 bits per heavy atom. The zero-order valence-corrected chi connectivity index (χ0v) is 9.41. The Bertz CT molecular complexity index is 301. The summed E-state index contributed by atoms with van der Waals surface area (Å²) in [5.74, 6) is 0.938. The molecule has 1 saturated carbocycles. The maximum atomic E-state index is 3.78. The monoisotopic (exact) mass is 200 g/mol. The largest absolute Gasteiger partial charge is 0.0985 e. The van der Waals surface area contributed by atoms with Crippen molar-refractivity contribution in [3.8, 4) is 0 Å². The molecule has 0 N–H and O–H groups in total. The molecule has 0 aliphatic heterocycles. The number of hydrogen-bond donors (Lipinski definition) is 0. The SMILES string of the molecule is C=Cc1ccc(CC2CCCCC2)cc1. The molecule has 0 heterocycles. The molecule has 80 valence electrons. The summed E-state index contributed by atoms with van der Waals surface area (Å²) in [6.45, 7) is 3.78. The first-order chi connectivity index (χ1) is 7.38. The van der Waals surface area contributed by atoms with Gasteiger partial charge in [-0.25, -0.2) is 0 Å². The van der Waals surface area contributed by atoms with E-state index < -0.39 is 0 Å². The van der Waals surface area contributed by atoms with E-state index in [0.717, 1.165) is 5.92 Å². The van der Waals surface area contributed by atoms with Crippen molar-refractivity contribution in [1.82, 2.24) is 0 Å². The molecule has 0 atom stereocenters. The van der Waals surface area contributed by atoms with Crippen LogP contribution in [0.25, 0.3) is 6.08 Å². The molecule has 0 aromatic heterocycles. The maximum absolute atomic E-state index is 3.78. The third kappa shape index (κ3) is 2.95. The standard InChI is InChI=1S/C15H20/c1-2-13-8-10-15(11-9-13)12-14-6-4-3-5-7-14/h2,8-11,14H,1,3-7,12H2. The zero-order chi connectivity index (χ0) is 10.5. The summed E-state index contributed by atoms with van der Waals surface area (Å²) < 4.78 is 0. The maximum Gasteiger partial charge on any atom is -0.0250 e. The van der Waals surface area contributed by atoms with Crippen LogP contribution in [0.3, 0.4) is 0 Å². The van der Waals surface area contributed by atoms with Crippen LogP contribution >= 0.6 is 0 Å². The highest BCUT2D eigenvalue weighted by Gasteiger charge is 2.13. The molecule has 15 heavy (non-hydrogen) atoms. The molecular weight excluding hydrogens is 180 g/mol. The molecule has 0 nitrogen and oxygen atoms in total. The number of benzene rings is 1. The van der Waals surface area contributed by atoms with Gasteiger partial charge in [0, 0.05) is 0 Å². The fourth-order valence-electron chi connectivity index (χ4n) is 2.51. The van der Waals surface area contributed by atoms with Crippen LogP contribution in [0.4, 0.5) is 0 Å². The van der Waals surface area contributed by atoms with Crippen LogP contribution in [-0.2, 0) is 6.42 Å². The minimum Gasteiger partial charge on any atom is -0.0985 e. The Morgan fingerprint density at radius 3 is 2.33 bits per heavy atom. The van der Waals surface area contributed by atoms with Gasteiger partial charge in [-0.05, 0) is 23.5 Å². The van der Waals surface area contributed by atoms with Gasteiger partial charge in [0.2, 0.25) is 0 Å². The molecule has 1 aliphatic rings. The third-order valence-corrected chi connectivity index (χ3v) is 3.46. The fraction of sp³-hybridized carbons (Fsp3) is 0.467. The molecule has 0 radical (unpaired) electrons. The average Bonchev–Trinajstić information content (AvgIpc) is 2.31. The van der Waals surface area contributed by atoms with Crippen molar-refractivity contribution >= 4 is 6.08 Å². The first-order valence-corrected chi connectivity index (χ1v) is 6.10. The van der Waals surface area contributed by atoms with E-state index in [1.165, 1.54) is 49.7 Å². The van der Waals surface area contributed by atoms with Crippen molar-refractivity contribution in [3.05, 3.63) is 42.0 Å². The summed E-state index contributed by atoms with van der Waals surface area (Å²) in [5, 5.41) is 0. The summed E-state index contributed by atoms with van der Waals surface area (Å²) in [7, 11) is 0. The van der Waals surface area contributed by atoms with Crippen molar-refractivity contribution in [2.45, 2.75) is 38.5 Å². The molecule has 0 heteroatoms. The van der Waals surface area contributed by atoms with E-state index in [9.17, 15) is 0 Å². The van der Waals surface area contributed by atoms with Crippen LogP contribution in [0.15, 0.2) is 30.8 Å². The molecule has 0 unspecified atom stereocenters. The van der Waals surface area contributed by atoms with E-state index in [0.29, 0.717) is 0 Å². The van der Waals surface area contributed by atoms with Crippen molar-refractivity contribution in [1.29, 1.82) is 0 Å². The van der Waals surface area contributed by atoms with Crippen LogP contribution in [0.5, 0.6) is 0 Å². The highest BCUT2D eigenvalue weighted by molar-refractivity contribution is 5.47. The second-order valence-electron chi connectivity index (χ2n) is 4.65. The molecule has 0 spiro atoms. The van der Waals surface area contributed by atoms with Crippen molar-refractivity contribution in [2.24, 2.45) is 5.92 Å². The summed E-state index contributed by atoms with van der Waals surface area (Å²) in [6.07, 6.45) is 10.4. The molecule has 1 aliphatic carbocycles. The lowest BCUT2D eigenvalue weighted by Gasteiger charge is -2.21. The average molecular weight is 200 g/mol. The van der Waals surface area contributed by atoms with Gasteiger partial charge in [0.15, 0.2) is 0 Å². The van der Waals surface area contributed by atoms with E-state index in [4.69, 9.17) is 0 Å². The summed E-state index contributed by atoms with van der Waals surface area (Å²) in [5.41, 5.74) is 2.72. The van der Waals surface area contributed by atoms with E-state index in [-0.39, 0.29) is 0 Å². The normalized spacial score (nSPS) is 17.6. The van der Waals surface area contributed by atoms with E-state index in [1.807, 2.05) is 6.08 Å². The lowest BCUT2D eigenvalue weighted by molar-refractivity contribution is 0.356. The molecule has 1 aromatic carbocycles. The predicted octanol–water partition coefficient (Wildman–Crippen LogP) is 4.45. The molecular formula is C15H20. The molecule has 1 aromatic rings.